The minimum absolute atomic E-state index is 0.193. The molecule has 11 heteroatoms. The number of rotatable bonds is 6. The van der Waals surface area contributed by atoms with Crippen LogP contribution < -0.4 is 29.9 Å². The highest BCUT2D eigenvalue weighted by molar-refractivity contribution is 6.04. The molecule has 0 atom stereocenters. The van der Waals surface area contributed by atoms with Crippen LogP contribution in [0.4, 0.5) is 36.3 Å². The molecule has 4 rings (SSSR count). The van der Waals surface area contributed by atoms with Crippen molar-refractivity contribution in [1.82, 2.24) is 0 Å². The number of carbonyl (C=O) groups is 3. The van der Waals surface area contributed by atoms with Crippen molar-refractivity contribution in [3.63, 3.8) is 0 Å². The smallest absolute Gasteiger partial charge is 0.323 e. The van der Waals surface area contributed by atoms with Crippen LogP contribution in [-0.2, 0) is 9.59 Å². The van der Waals surface area contributed by atoms with Gasteiger partial charge in [0.15, 0.2) is 24.8 Å². The molecule has 0 fully saturated rings. The Morgan fingerprint density at radius 2 is 1.24 bits per heavy atom. The molecule has 180 valence electrons. The predicted molar refractivity (Wildman–Crippen MR) is 122 cm³/mol. The van der Waals surface area contributed by atoms with Crippen molar-refractivity contribution in [3.05, 3.63) is 35.9 Å². The van der Waals surface area contributed by atoms with Crippen LogP contribution in [0.1, 0.15) is 26.7 Å². The number of hydrogen-bond donors (Lipinski definition) is 2. The van der Waals surface area contributed by atoms with Crippen molar-refractivity contribution in [2.24, 2.45) is 0 Å². The summed E-state index contributed by atoms with van der Waals surface area (Å²) in [5.74, 6) is -1.73. The molecule has 2 aromatic rings. The predicted octanol–water partition coefficient (Wildman–Crippen LogP) is 3.88. The van der Waals surface area contributed by atoms with Crippen LogP contribution in [0, 0.1) is 11.6 Å². The van der Waals surface area contributed by atoms with Gasteiger partial charge in [-0.2, -0.15) is 0 Å². The van der Waals surface area contributed by atoms with Crippen LogP contribution in [0.5, 0.6) is 11.5 Å². The summed E-state index contributed by atoms with van der Waals surface area (Å²) in [6.45, 7) is 4.21. The summed E-state index contributed by atoms with van der Waals surface area (Å²) >= 11 is 0. The molecule has 0 unspecified atom stereocenters. The first-order valence-corrected chi connectivity index (χ1v) is 10.9. The molecule has 0 saturated heterocycles. The molecule has 2 N–H and O–H groups in total. The van der Waals surface area contributed by atoms with Crippen molar-refractivity contribution in [3.8, 4) is 11.5 Å². The summed E-state index contributed by atoms with van der Waals surface area (Å²) in [5.41, 5.74) is 0.251. The van der Waals surface area contributed by atoms with Gasteiger partial charge in [-0.3, -0.25) is 9.59 Å². The third-order valence-corrected chi connectivity index (χ3v) is 5.37. The van der Waals surface area contributed by atoms with E-state index in [0.29, 0.717) is 37.3 Å². The van der Waals surface area contributed by atoms with Gasteiger partial charge in [-0.15, -0.1) is 0 Å². The van der Waals surface area contributed by atoms with Crippen molar-refractivity contribution >= 4 is 40.6 Å². The maximum absolute atomic E-state index is 14.6. The topological polar surface area (TPSA) is 100 Å². The van der Waals surface area contributed by atoms with E-state index >= 15 is 0 Å². The molecule has 0 spiro atoms. The largest absolute Gasteiger partial charge is 0.481 e. The fraction of sp³-hybridized carbons (Fsp3) is 0.348. The Kier molecular flexibility index (Phi) is 6.53. The summed E-state index contributed by atoms with van der Waals surface area (Å²) in [6.07, 6.45) is 1.34. The van der Waals surface area contributed by atoms with E-state index in [2.05, 4.69) is 10.6 Å². The first-order valence-electron chi connectivity index (χ1n) is 10.9. The van der Waals surface area contributed by atoms with E-state index in [0.717, 1.165) is 12.1 Å². The highest BCUT2D eigenvalue weighted by Crippen LogP contribution is 2.38. The van der Waals surface area contributed by atoms with E-state index in [-0.39, 0.29) is 47.9 Å². The highest BCUT2D eigenvalue weighted by atomic mass is 19.1. The lowest BCUT2D eigenvalue weighted by atomic mass is 10.2. The Bertz CT molecular complexity index is 1070. The van der Waals surface area contributed by atoms with Gasteiger partial charge < -0.3 is 29.9 Å². The number of fused-ring (bicyclic) bond motifs is 2. The normalized spacial score (nSPS) is 14.7. The fourth-order valence-electron chi connectivity index (χ4n) is 3.85. The molecule has 4 amide bonds. The van der Waals surface area contributed by atoms with Gasteiger partial charge in [-0.1, -0.05) is 13.8 Å². The zero-order valence-electron chi connectivity index (χ0n) is 18.7. The number of halogens is 2. The zero-order valence-corrected chi connectivity index (χ0v) is 18.7. The molecule has 0 aliphatic carbocycles. The second-order valence-electron chi connectivity index (χ2n) is 7.85. The van der Waals surface area contributed by atoms with Crippen LogP contribution in [0.2, 0.25) is 0 Å². The second kappa shape index (κ2) is 9.54. The lowest BCUT2D eigenvalue weighted by molar-refractivity contribution is -0.122. The summed E-state index contributed by atoms with van der Waals surface area (Å²) in [4.78, 5) is 39.9. The van der Waals surface area contributed by atoms with E-state index in [1.54, 1.807) is 0 Å². The summed E-state index contributed by atoms with van der Waals surface area (Å²) in [7, 11) is 0. The number of anilines is 4. The third-order valence-electron chi connectivity index (χ3n) is 5.37. The van der Waals surface area contributed by atoms with Gasteiger partial charge in [0.25, 0.3) is 11.8 Å². The lowest BCUT2D eigenvalue weighted by Crippen LogP contribution is -2.39. The molecule has 0 radical (unpaired) electrons. The highest BCUT2D eigenvalue weighted by Gasteiger charge is 2.29. The number of ether oxygens (including phenoxy) is 2. The average molecular weight is 474 g/mol. The van der Waals surface area contributed by atoms with Gasteiger partial charge in [0.05, 0.1) is 22.7 Å². The Labute approximate surface area is 194 Å². The SMILES string of the molecule is CCCN1C(=O)COc2cc(F)c(NC(=O)Nc3cc4c(cc3F)OCC(=O)N4CCC)cc21. The number of benzene rings is 2. The van der Waals surface area contributed by atoms with Gasteiger partial charge >= 0.3 is 6.03 Å². The first kappa shape index (κ1) is 23.3. The summed E-state index contributed by atoms with van der Waals surface area (Å²) in [5, 5.41) is 4.68. The van der Waals surface area contributed by atoms with E-state index in [1.807, 2.05) is 13.8 Å². The molecule has 2 heterocycles. The molecule has 0 saturated carbocycles. The number of nitrogens with one attached hydrogen (secondary N) is 2. The number of amides is 4. The van der Waals surface area contributed by atoms with Crippen molar-refractivity contribution in [2.75, 3.05) is 46.7 Å². The van der Waals surface area contributed by atoms with Crippen LogP contribution in [0.25, 0.3) is 0 Å². The van der Waals surface area contributed by atoms with Crippen molar-refractivity contribution in [1.29, 1.82) is 0 Å². The number of hydrogen-bond acceptors (Lipinski definition) is 5. The van der Waals surface area contributed by atoms with Gasteiger partial charge in [0.1, 0.15) is 11.5 Å². The van der Waals surface area contributed by atoms with Crippen LogP contribution in [0.15, 0.2) is 24.3 Å². The average Bonchev–Trinajstić information content (AvgIpc) is 2.80. The van der Waals surface area contributed by atoms with E-state index in [9.17, 15) is 23.2 Å². The molecule has 0 bridgehead atoms. The third kappa shape index (κ3) is 4.45. The Balaban J connectivity index is 1.57. The van der Waals surface area contributed by atoms with E-state index in [1.165, 1.54) is 21.9 Å². The summed E-state index contributed by atoms with van der Waals surface area (Å²) < 4.78 is 39.8. The van der Waals surface area contributed by atoms with E-state index < -0.39 is 17.7 Å². The molecule has 0 aromatic heterocycles. The van der Waals surface area contributed by atoms with Crippen molar-refractivity contribution in [2.45, 2.75) is 26.7 Å². The lowest BCUT2D eigenvalue weighted by Gasteiger charge is -2.30. The van der Waals surface area contributed by atoms with Crippen LogP contribution >= 0.6 is 0 Å². The Morgan fingerprint density at radius 3 is 1.62 bits per heavy atom. The maximum atomic E-state index is 14.6. The molecular formula is C23H24F2N4O5. The van der Waals surface area contributed by atoms with Gasteiger partial charge in [-0.05, 0) is 25.0 Å². The minimum Gasteiger partial charge on any atom is -0.481 e. The Hall–Kier alpha value is -3.89. The van der Waals surface area contributed by atoms with E-state index in [4.69, 9.17) is 9.47 Å². The number of carbonyl (C=O) groups excluding carboxylic acids is 3. The first-order chi connectivity index (χ1) is 16.3. The number of urea groups is 1. The minimum atomic E-state index is -0.909. The van der Waals surface area contributed by atoms with Gasteiger partial charge in [0, 0.05) is 25.2 Å². The molecule has 2 aliphatic heterocycles. The molecule has 2 aliphatic rings. The molecule has 34 heavy (non-hydrogen) atoms. The number of nitrogens with zero attached hydrogens (tertiary/aromatic N) is 2. The standard InChI is InChI=1S/C23H24F2N4O5/c1-3-5-28-17-9-15(13(24)7-19(17)33-11-21(28)30)26-23(32)27-16-10-18-20(8-14(16)25)34-12-22(31)29(18)6-4-2/h7-10H,3-6,11-12H2,1-2H3,(H2,26,27,32). The van der Waals surface area contributed by atoms with Crippen LogP contribution in [-0.4, -0.2) is 44.1 Å². The maximum Gasteiger partial charge on any atom is 0.323 e. The molecular weight excluding hydrogens is 450 g/mol. The molecule has 2 aromatic carbocycles. The Morgan fingerprint density at radius 1 is 0.824 bits per heavy atom. The van der Waals surface area contributed by atoms with Crippen molar-refractivity contribution < 1.29 is 32.6 Å². The molecule has 9 nitrogen and oxygen atoms in total. The van der Waals surface area contributed by atoms with Crippen LogP contribution in [0.3, 0.4) is 0 Å². The zero-order chi connectivity index (χ0) is 24.4. The summed E-state index contributed by atoms with van der Waals surface area (Å²) in [6, 6.07) is 3.87. The second-order valence-corrected chi connectivity index (χ2v) is 7.85. The van der Waals surface area contributed by atoms with Gasteiger partial charge in [-0.25, -0.2) is 13.6 Å². The fourth-order valence-corrected chi connectivity index (χ4v) is 3.85. The monoisotopic (exact) mass is 474 g/mol. The van der Waals surface area contributed by atoms with Gasteiger partial charge in [0.2, 0.25) is 0 Å². The quantitative estimate of drug-likeness (QED) is 0.662.